The summed E-state index contributed by atoms with van der Waals surface area (Å²) in [5, 5.41) is 3.75. The van der Waals surface area contributed by atoms with Gasteiger partial charge < -0.3 is 5.32 Å². The Bertz CT molecular complexity index is 428. The van der Waals surface area contributed by atoms with Crippen molar-refractivity contribution in [2.45, 2.75) is 51.2 Å². The molecule has 2 heteroatoms. The molecule has 1 fully saturated rings. The molecule has 0 bridgehead atoms. The smallest absolute Gasteiger partial charge is 0.0476 e. The topological polar surface area (TPSA) is 15.3 Å². The lowest BCUT2D eigenvalue weighted by molar-refractivity contribution is 0.0520. The highest BCUT2D eigenvalue weighted by atomic mass is 15.3. The third-order valence-corrected chi connectivity index (χ3v) is 4.69. The summed E-state index contributed by atoms with van der Waals surface area (Å²) < 4.78 is 0. The Hall–Kier alpha value is -1.12. The Balaban J connectivity index is 2.23. The molecule has 1 heterocycles. The van der Waals surface area contributed by atoms with Gasteiger partial charge in [0.15, 0.2) is 0 Å². The van der Waals surface area contributed by atoms with Crippen LogP contribution < -0.4 is 5.32 Å². The lowest BCUT2D eigenvalue weighted by atomic mass is 9.89. The van der Waals surface area contributed by atoms with Gasteiger partial charge >= 0.3 is 0 Å². The summed E-state index contributed by atoms with van der Waals surface area (Å²) in [5.41, 5.74) is 1.63. The molecule has 0 aromatic heterocycles. The SMILES string of the molecule is C=CCC(C)N1CC(C)(CC)NCC1c1ccccc1. The summed E-state index contributed by atoms with van der Waals surface area (Å²) in [7, 11) is 0. The van der Waals surface area contributed by atoms with E-state index in [-0.39, 0.29) is 5.54 Å². The van der Waals surface area contributed by atoms with E-state index in [1.165, 1.54) is 5.56 Å². The van der Waals surface area contributed by atoms with E-state index in [0.29, 0.717) is 12.1 Å². The number of hydrogen-bond acceptors (Lipinski definition) is 2. The van der Waals surface area contributed by atoms with Crippen LogP contribution in [0.1, 0.15) is 45.2 Å². The Morgan fingerprint density at radius 2 is 2.15 bits per heavy atom. The summed E-state index contributed by atoms with van der Waals surface area (Å²) in [6, 6.07) is 11.9. The van der Waals surface area contributed by atoms with Crippen molar-refractivity contribution in [3.05, 3.63) is 48.6 Å². The first kappa shape index (κ1) is 15.3. The fourth-order valence-electron chi connectivity index (χ4n) is 3.09. The van der Waals surface area contributed by atoms with Gasteiger partial charge in [0.05, 0.1) is 0 Å². The van der Waals surface area contributed by atoms with Crippen LogP contribution in [0.3, 0.4) is 0 Å². The molecular weight excluding hydrogens is 244 g/mol. The van der Waals surface area contributed by atoms with Crippen LogP contribution in [-0.4, -0.2) is 29.6 Å². The molecule has 1 saturated heterocycles. The van der Waals surface area contributed by atoms with Gasteiger partial charge in [-0.05, 0) is 32.3 Å². The molecule has 0 aliphatic carbocycles. The Labute approximate surface area is 123 Å². The molecule has 20 heavy (non-hydrogen) atoms. The van der Waals surface area contributed by atoms with Gasteiger partial charge in [0.1, 0.15) is 0 Å². The third kappa shape index (κ3) is 3.31. The van der Waals surface area contributed by atoms with Crippen molar-refractivity contribution in [2.24, 2.45) is 0 Å². The van der Waals surface area contributed by atoms with E-state index in [0.717, 1.165) is 25.9 Å². The minimum absolute atomic E-state index is 0.223. The van der Waals surface area contributed by atoms with E-state index in [4.69, 9.17) is 0 Å². The van der Waals surface area contributed by atoms with Gasteiger partial charge in [0, 0.05) is 30.7 Å². The lowest BCUT2D eigenvalue weighted by Gasteiger charge is -2.48. The summed E-state index contributed by atoms with van der Waals surface area (Å²) in [6.45, 7) is 13.0. The number of rotatable bonds is 5. The molecule has 1 aliphatic heterocycles. The first-order valence-corrected chi connectivity index (χ1v) is 7.76. The number of benzene rings is 1. The summed E-state index contributed by atoms with van der Waals surface area (Å²) in [4.78, 5) is 2.65. The minimum atomic E-state index is 0.223. The molecule has 1 aromatic rings. The molecular formula is C18H28N2. The van der Waals surface area contributed by atoms with Crippen LogP contribution in [-0.2, 0) is 0 Å². The fourth-order valence-corrected chi connectivity index (χ4v) is 3.09. The zero-order chi connectivity index (χ0) is 14.6. The number of nitrogens with zero attached hydrogens (tertiary/aromatic N) is 1. The van der Waals surface area contributed by atoms with Crippen molar-refractivity contribution in [1.82, 2.24) is 10.2 Å². The van der Waals surface area contributed by atoms with Gasteiger partial charge in [-0.25, -0.2) is 0 Å². The molecule has 0 saturated carbocycles. The maximum absolute atomic E-state index is 3.91. The standard InChI is InChI=1S/C18H28N2/c1-5-10-15(3)20-14-18(4,6-2)19-13-17(20)16-11-8-7-9-12-16/h5,7-9,11-12,15,17,19H,1,6,10,13-14H2,2-4H3. The van der Waals surface area contributed by atoms with Crippen LogP contribution >= 0.6 is 0 Å². The van der Waals surface area contributed by atoms with Crippen molar-refractivity contribution in [3.63, 3.8) is 0 Å². The molecule has 1 aliphatic rings. The van der Waals surface area contributed by atoms with Gasteiger partial charge in [-0.3, -0.25) is 4.90 Å². The van der Waals surface area contributed by atoms with Crippen molar-refractivity contribution in [2.75, 3.05) is 13.1 Å². The second kappa shape index (κ2) is 6.55. The van der Waals surface area contributed by atoms with E-state index in [1.807, 2.05) is 6.08 Å². The first-order valence-electron chi connectivity index (χ1n) is 7.76. The Morgan fingerprint density at radius 1 is 1.45 bits per heavy atom. The van der Waals surface area contributed by atoms with E-state index in [2.05, 4.69) is 67.9 Å². The minimum Gasteiger partial charge on any atom is -0.308 e. The second-order valence-electron chi connectivity index (χ2n) is 6.27. The van der Waals surface area contributed by atoms with Crippen LogP contribution in [0.25, 0.3) is 0 Å². The number of piperazine rings is 1. The Morgan fingerprint density at radius 3 is 2.75 bits per heavy atom. The van der Waals surface area contributed by atoms with Crippen molar-refractivity contribution < 1.29 is 0 Å². The average Bonchev–Trinajstić information content (AvgIpc) is 2.48. The predicted octanol–water partition coefficient (Wildman–Crippen LogP) is 3.77. The fraction of sp³-hybridized carbons (Fsp3) is 0.556. The molecule has 1 N–H and O–H groups in total. The van der Waals surface area contributed by atoms with Crippen LogP contribution in [0, 0.1) is 0 Å². The summed E-state index contributed by atoms with van der Waals surface area (Å²) >= 11 is 0. The van der Waals surface area contributed by atoms with E-state index >= 15 is 0 Å². The zero-order valence-electron chi connectivity index (χ0n) is 13.1. The maximum Gasteiger partial charge on any atom is 0.0476 e. The highest BCUT2D eigenvalue weighted by Crippen LogP contribution is 2.31. The maximum atomic E-state index is 3.91. The molecule has 110 valence electrons. The van der Waals surface area contributed by atoms with Gasteiger partial charge in [0.25, 0.3) is 0 Å². The zero-order valence-corrected chi connectivity index (χ0v) is 13.1. The molecule has 3 atom stereocenters. The van der Waals surface area contributed by atoms with E-state index in [9.17, 15) is 0 Å². The molecule has 0 radical (unpaired) electrons. The van der Waals surface area contributed by atoms with Gasteiger partial charge in [-0.15, -0.1) is 6.58 Å². The van der Waals surface area contributed by atoms with Gasteiger partial charge in [-0.2, -0.15) is 0 Å². The van der Waals surface area contributed by atoms with Gasteiger partial charge in [-0.1, -0.05) is 43.3 Å². The summed E-state index contributed by atoms with van der Waals surface area (Å²) in [5.74, 6) is 0. The molecule has 0 spiro atoms. The highest BCUT2D eigenvalue weighted by Gasteiger charge is 2.36. The molecule has 3 unspecified atom stereocenters. The average molecular weight is 272 g/mol. The highest BCUT2D eigenvalue weighted by molar-refractivity contribution is 5.21. The van der Waals surface area contributed by atoms with Crippen LogP contribution in [0.15, 0.2) is 43.0 Å². The number of nitrogens with one attached hydrogen (secondary N) is 1. The lowest BCUT2D eigenvalue weighted by Crippen LogP contribution is -2.61. The van der Waals surface area contributed by atoms with Crippen LogP contribution in [0.4, 0.5) is 0 Å². The van der Waals surface area contributed by atoms with E-state index in [1.54, 1.807) is 0 Å². The largest absolute Gasteiger partial charge is 0.308 e. The van der Waals surface area contributed by atoms with Crippen LogP contribution in [0.2, 0.25) is 0 Å². The van der Waals surface area contributed by atoms with Crippen LogP contribution in [0.5, 0.6) is 0 Å². The Kier molecular flexibility index (Phi) is 5.00. The predicted molar refractivity (Wildman–Crippen MR) is 86.9 cm³/mol. The van der Waals surface area contributed by atoms with Crippen molar-refractivity contribution in [3.8, 4) is 0 Å². The summed E-state index contributed by atoms with van der Waals surface area (Å²) in [6.07, 6.45) is 4.24. The first-order chi connectivity index (χ1) is 9.59. The molecule has 0 amide bonds. The second-order valence-corrected chi connectivity index (χ2v) is 6.27. The molecule has 2 nitrogen and oxygen atoms in total. The monoisotopic (exact) mass is 272 g/mol. The van der Waals surface area contributed by atoms with E-state index < -0.39 is 0 Å². The van der Waals surface area contributed by atoms with Crippen molar-refractivity contribution >= 4 is 0 Å². The molecule has 2 rings (SSSR count). The number of hydrogen-bond donors (Lipinski definition) is 1. The van der Waals surface area contributed by atoms with Crippen molar-refractivity contribution in [1.29, 1.82) is 0 Å². The normalized spacial score (nSPS) is 29.1. The quantitative estimate of drug-likeness (QED) is 0.821. The molecule has 1 aromatic carbocycles. The third-order valence-electron chi connectivity index (χ3n) is 4.69. The van der Waals surface area contributed by atoms with Gasteiger partial charge in [0.2, 0.25) is 0 Å².